The number of anilines is 1. The Bertz CT molecular complexity index is 742. The Morgan fingerprint density at radius 3 is 2.67 bits per heavy atom. The molecule has 0 aliphatic rings. The maximum atomic E-state index is 12.6. The molecule has 6 heteroatoms. The molecule has 0 radical (unpaired) electrons. The molecule has 0 atom stereocenters. The van der Waals surface area contributed by atoms with Crippen LogP contribution in [0.15, 0.2) is 41.4 Å². The number of hydrogen-bond acceptors (Lipinski definition) is 4. The molecule has 0 amide bonds. The Labute approximate surface area is 124 Å². The highest BCUT2D eigenvalue weighted by Crippen LogP contribution is 2.23. The summed E-state index contributed by atoms with van der Waals surface area (Å²) in [5.74, 6) is 0. The normalized spacial score (nSPS) is 11.4. The van der Waals surface area contributed by atoms with Crippen molar-refractivity contribution in [2.75, 3.05) is 4.72 Å². The molecule has 0 bridgehead atoms. The van der Waals surface area contributed by atoms with Crippen molar-refractivity contribution in [3.05, 3.63) is 53.3 Å². The first-order chi connectivity index (χ1) is 9.97. The second-order valence-corrected chi connectivity index (χ2v) is 6.35. The fraction of sp³-hybridized carbons (Fsp3) is 0.267. The number of aliphatic hydroxyl groups excluding tert-OH is 1. The van der Waals surface area contributed by atoms with E-state index in [1.165, 1.54) is 6.07 Å². The van der Waals surface area contributed by atoms with Crippen LogP contribution in [0.1, 0.15) is 23.7 Å². The summed E-state index contributed by atoms with van der Waals surface area (Å²) in [7, 11) is -3.71. The molecule has 1 aromatic carbocycles. The summed E-state index contributed by atoms with van der Waals surface area (Å²) >= 11 is 0. The zero-order valence-electron chi connectivity index (χ0n) is 12.0. The van der Waals surface area contributed by atoms with Gasteiger partial charge in [-0.3, -0.25) is 9.71 Å². The molecule has 0 saturated carbocycles. The summed E-state index contributed by atoms with van der Waals surface area (Å²) in [5, 5.41) is 9.20. The van der Waals surface area contributed by atoms with Gasteiger partial charge in [-0.25, -0.2) is 8.42 Å². The van der Waals surface area contributed by atoms with Gasteiger partial charge in [-0.05, 0) is 42.7 Å². The Morgan fingerprint density at radius 1 is 1.29 bits per heavy atom. The lowest BCUT2D eigenvalue weighted by Crippen LogP contribution is -2.16. The number of nitrogens with zero attached hydrogens (tertiary/aromatic N) is 1. The second kappa shape index (κ2) is 6.24. The Kier molecular flexibility index (Phi) is 4.59. The summed E-state index contributed by atoms with van der Waals surface area (Å²) < 4.78 is 27.7. The summed E-state index contributed by atoms with van der Waals surface area (Å²) in [6, 6.07) is 8.31. The predicted octanol–water partition coefficient (Wildman–Crippen LogP) is 2.25. The van der Waals surface area contributed by atoms with E-state index in [0.717, 1.165) is 0 Å². The zero-order valence-corrected chi connectivity index (χ0v) is 12.8. The summed E-state index contributed by atoms with van der Waals surface area (Å²) in [5.41, 5.74) is 2.34. The molecule has 0 saturated heterocycles. The zero-order chi connectivity index (χ0) is 15.5. The van der Waals surface area contributed by atoms with E-state index in [1.54, 1.807) is 37.4 Å². The number of pyridine rings is 1. The van der Waals surface area contributed by atoms with E-state index in [0.29, 0.717) is 28.9 Å². The van der Waals surface area contributed by atoms with Gasteiger partial charge in [0.2, 0.25) is 0 Å². The highest BCUT2D eigenvalue weighted by molar-refractivity contribution is 7.92. The van der Waals surface area contributed by atoms with Gasteiger partial charge in [-0.2, -0.15) is 0 Å². The van der Waals surface area contributed by atoms with Crippen molar-refractivity contribution in [1.29, 1.82) is 0 Å². The van der Waals surface area contributed by atoms with Gasteiger partial charge in [0.15, 0.2) is 0 Å². The van der Waals surface area contributed by atoms with Gasteiger partial charge >= 0.3 is 0 Å². The molecule has 0 aliphatic heterocycles. The minimum atomic E-state index is -3.71. The lowest BCUT2D eigenvalue weighted by Gasteiger charge is -2.13. The van der Waals surface area contributed by atoms with E-state index >= 15 is 0 Å². The van der Waals surface area contributed by atoms with E-state index in [2.05, 4.69) is 9.71 Å². The van der Waals surface area contributed by atoms with Crippen LogP contribution in [0, 0.1) is 6.92 Å². The molecule has 0 aliphatic carbocycles. The molecule has 5 nitrogen and oxygen atoms in total. The number of hydrogen-bond donors (Lipinski definition) is 2. The SMILES string of the molecule is CCc1ccc(CO)cc1S(=O)(=O)Nc1cccnc1C. The molecule has 0 spiro atoms. The van der Waals surface area contributed by atoms with Crippen molar-refractivity contribution in [3.8, 4) is 0 Å². The Morgan fingerprint density at radius 2 is 2.05 bits per heavy atom. The molecule has 2 rings (SSSR count). The highest BCUT2D eigenvalue weighted by Gasteiger charge is 2.19. The Balaban J connectivity index is 2.46. The van der Waals surface area contributed by atoms with Gasteiger partial charge in [0.1, 0.15) is 0 Å². The van der Waals surface area contributed by atoms with Crippen LogP contribution in [0.2, 0.25) is 0 Å². The van der Waals surface area contributed by atoms with E-state index in [-0.39, 0.29) is 11.5 Å². The minimum absolute atomic E-state index is 0.194. The van der Waals surface area contributed by atoms with E-state index in [9.17, 15) is 13.5 Å². The quantitative estimate of drug-likeness (QED) is 0.888. The fourth-order valence-electron chi connectivity index (χ4n) is 2.03. The molecule has 1 heterocycles. The first-order valence-electron chi connectivity index (χ1n) is 6.65. The summed E-state index contributed by atoms with van der Waals surface area (Å²) in [4.78, 5) is 4.26. The molecule has 0 unspecified atom stereocenters. The lowest BCUT2D eigenvalue weighted by molar-refractivity contribution is 0.281. The molecule has 21 heavy (non-hydrogen) atoms. The number of sulfonamides is 1. The predicted molar refractivity (Wildman–Crippen MR) is 81.5 cm³/mol. The van der Waals surface area contributed by atoms with Crippen molar-refractivity contribution < 1.29 is 13.5 Å². The number of nitrogens with one attached hydrogen (secondary N) is 1. The standard InChI is InChI=1S/C15H18N2O3S/c1-3-13-7-6-12(10-18)9-15(13)21(19,20)17-14-5-4-8-16-11(14)2/h4-9,17-18H,3,10H2,1-2H3. The fourth-order valence-corrected chi connectivity index (χ4v) is 3.51. The van der Waals surface area contributed by atoms with Gasteiger partial charge in [0, 0.05) is 6.20 Å². The first kappa shape index (κ1) is 15.5. The molecular formula is C15H18N2O3S. The molecule has 2 N–H and O–H groups in total. The van der Waals surface area contributed by atoms with Crippen LogP contribution in [0.4, 0.5) is 5.69 Å². The van der Waals surface area contributed by atoms with E-state index < -0.39 is 10.0 Å². The van der Waals surface area contributed by atoms with Crippen molar-refractivity contribution in [1.82, 2.24) is 4.98 Å². The highest BCUT2D eigenvalue weighted by atomic mass is 32.2. The van der Waals surface area contributed by atoms with Gasteiger partial charge in [-0.15, -0.1) is 0 Å². The summed E-state index contributed by atoms with van der Waals surface area (Å²) in [6.07, 6.45) is 2.20. The maximum absolute atomic E-state index is 12.6. The van der Waals surface area contributed by atoms with Crippen molar-refractivity contribution >= 4 is 15.7 Å². The van der Waals surface area contributed by atoms with E-state index in [4.69, 9.17) is 0 Å². The summed E-state index contributed by atoms with van der Waals surface area (Å²) in [6.45, 7) is 3.43. The van der Waals surface area contributed by atoms with Crippen molar-refractivity contribution in [3.63, 3.8) is 0 Å². The van der Waals surface area contributed by atoms with Crippen LogP contribution in [-0.2, 0) is 23.1 Å². The first-order valence-corrected chi connectivity index (χ1v) is 8.13. The van der Waals surface area contributed by atoms with Crippen LogP contribution in [0.3, 0.4) is 0 Å². The van der Waals surface area contributed by atoms with E-state index in [1.807, 2.05) is 6.92 Å². The molecule has 0 fully saturated rings. The number of aromatic nitrogens is 1. The van der Waals surface area contributed by atoms with Crippen LogP contribution in [-0.4, -0.2) is 18.5 Å². The molecule has 2 aromatic rings. The molecule has 1 aromatic heterocycles. The Hall–Kier alpha value is -1.92. The third-order valence-corrected chi connectivity index (χ3v) is 4.68. The topological polar surface area (TPSA) is 79.3 Å². The minimum Gasteiger partial charge on any atom is -0.392 e. The monoisotopic (exact) mass is 306 g/mol. The third kappa shape index (κ3) is 3.40. The molecular weight excluding hydrogens is 288 g/mol. The molecule has 112 valence electrons. The van der Waals surface area contributed by atoms with Crippen LogP contribution in [0.5, 0.6) is 0 Å². The van der Waals surface area contributed by atoms with Crippen LogP contribution >= 0.6 is 0 Å². The lowest BCUT2D eigenvalue weighted by atomic mass is 10.1. The van der Waals surface area contributed by atoms with Crippen LogP contribution in [0.25, 0.3) is 0 Å². The number of aliphatic hydroxyl groups is 1. The second-order valence-electron chi connectivity index (χ2n) is 4.70. The maximum Gasteiger partial charge on any atom is 0.262 e. The number of rotatable bonds is 5. The number of benzene rings is 1. The van der Waals surface area contributed by atoms with Gasteiger partial charge < -0.3 is 5.11 Å². The van der Waals surface area contributed by atoms with Crippen molar-refractivity contribution in [2.24, 2.45) is 0 Å². The largest absolute Gasteiger partial charge is 0.392 e. The van der Waals surface area contributed by atoms with Crippen molar-refractivity contribution in [2.45, 2.75) is 31.8 Å². The smallest absolute Gasteiger partial charge is 0.262 e. The van der Waals surface area contributed by atoms with Gasteiger partial charge in [0.05, 0.1) is 22.9 Å². The van der Waals surface area contributed by atoms with Gasteiger partial charge in [0.25, 0.3) is 10.0 Å². The average Bonchev–Trinajstić information content (AvgIpc) is 2.48. The number of aryl methyl sites for hydroxylation is 2. The third-order valence-electron chi connectivity index (χ3n) is 3.24. The van der Waals surface area contributed by atoms with Gasteiger partial charge in [-0.1, -0.05) is 19.1 Å². The van der Waals surface area contributed by atoms with Crippen LogP contribution < -0.4 is 4.72 Å². The average molecular weight is 306 g/mol.